The van der Waals surface area contributed by atoms with Gasteiger partial charge in [-0.1, -0.05) is 19.3 Å². The molecule has 1 aromatic rings. The summed E-state index contributed by atoms with van der Waals surface area (Å²) in [4.78, 5) is 0. The summed E-state index contributed by atoms with van der Waals surface area (Å²) >= 11 is 1.75. The van der Waals surface area contributed by atoms with Gasteiger partial charge in [0.15, 0.2) is 0 Å². The molecule has 2 rings (SSSR count). The van der Waals surface area contributed by atoms with E-state index in [1.54, 1.807) is 11.3 Å². The van der Waals surface area contributed by atoms with Crippen LogP contribution in [0, 0.1) is 0 Å². The van der Waals surface area contributed by atoms with Crippen LogP contribution in [0.4, 0.5) is 0 Å². The van der Waals surface area contributed by atoms with Gasteiger partial charge in [0, 0.05) is 6.54 Å². The van der Waals surface area contributed by atoms with Crippen LogP contribution in [0.5, 0.6) is 0 Å². The van der Waals surface area contributed by atoms with Crippen molar-refractivity contribution in [3.05, 3.63) is 22.4 Å². The summed E-state index contributed by atoms with van der Waals surface area (Å²) in [5.74, 6) is 0. The predicted molar refractivity (Wildman–Crippen MR) is 68.9 cm³/mol. The zero-order chi connectivity index (χ0) is 11.3. The van der Waals surface area contributed by atoms with Crippen LogP contribution in [0.2, 0.25) is 0 Å². The molecule has 2 N–H and O–H groups in total. The summed E-state index contributed by atoms with van der Waals surface area (Å²) in [6, 6.07) is 2.17. The molecule has 0 aromatic carbocycles. The topological polar surface area (TPSA) is 32.3 Å². The van der Waals surface area contributed by atoms with E-state index in [4.69, 9.17) is 0 Å². The standard InChI is InChI=1S/C13H21NOS/c15-13(6-2-1-3-7-13)11-14-8-4-12-5-9-16-10-12/h5,9-10,14-15H,1-4,6-8,11H2. The van der Waals surface area contributed by atoms with Crippen LogP contribution in [0.25, 0.3) is 0 Å². The molecule has 0 atom stereocenters. The fourth-order valence-electron chi connectivity index (χ4n) is 2.38. The third-order valence-corrected chi connectivity index (χ3v) is 4.14. The third-order valence-electron chi connectivity index (χ3n) is 3.41. The van der Waals surface area contributed by atoms with Gasteiger partial charge in [-0.2, -0.15) is 11.3 Å². The fraction of sp³-hybridized carbons (Fsp3) is 0.692. The molecule has 0 saturated heterocycles. The van der Waals surface area contributed by atoms with E-state index in [0.717, 1.165) is 32.4 Å². The molecule has 0 aliphatic heterocycles. The van der Waals surface area contributed by atoms with Crippen molar-refractivity contribution in [2.45, 2.75) is 44.1 Å². The van der Waals surface area contributed by atoms with E-state index in [1.165, 1.54) is 24.8 Å². The molecule has 3 heteroatoms. The molecule has 0 unspecified atom stereocenters. The van der Waals surface area contributed by atoms with E-state index in [1.807, 2.05) is 0 Å². The summed E-state index contributed by atoms with van der Waals surface area (Å²) in [6.07, 6.45) is 6.67. The average molecular weight is 239 g/mol. The molecule has 0 spiro atoms. The molecular formula is C13H21NOS. The predicted octanol–water partition coefficient (Wildman–Crippen LogP) is 2.58. The minimum Gasteiger partial charge on any atom is -0.389 e. The van der Waals surface area contributed by atoms with E-state index in [0.29, 0.717) is 0 Å². The number of rotatable bonds is 5. The second-order valence-corrected chi connectivity index (χ2v) is 5.62. The molecule has 0 amide bonds. The van der Waals surface area contributed by atoms with Crippen LogP contribution in [-0.4, -0.2) is 23.8 Å². The van der Waals surface area contributed by atoms with Gasteiger partial charge in [-0.25, -0.2) is 0 Å². The lowest BCUT2D eigenvalue weighted by Gasteiger charge is -2.32. The quantitative estimate of drug-likeness (QED) is 0.774. The van der Waals surface area contributed by atoms with E-state index in [2.05, 4.69) is 22.1 Å². The summed E-state index contributed by atoms with van der Waals surface area (Å²) in [6.45, 7) is 1.73. The van der Waals surface area contributed by atoms with Gasteiger partial charge >= 0.3 is 0 Å². The highest BCUT2D eigenvalue weighted by Crippen LogP contribution is 2.27. The van der Waals surface area contributed by atoms with Crippen molar-refractivity contribution in [3.8, 4) is 0 Å². The van der Waals surface area contributed by atoms with Crippen LogP contribution >= 0.6 is 11.3 Å². The number of hydrogen-bond donors (Lipinski definition) is 2. The zero-order valence-corrected chi connectivity index (χ0v) is 10.6. The Morgan fingerprint density at radius 3 is 2.81 bits per heavy atom. The maximum absolute atomic E-state index is 10.3. The van der Waals surface area contributed by atoms with Crippen molar-refractivity contribution in [1.82, 2.24) is 5.32 Å². The van der Waals surface area contributed by atoms with Crippen molar-refractivity contribution in [1.29, 1.82) is 0 Å². The van der Waals surface area contributed by atoms with E-state index in [9.17, 15) is 5.11 Å². The number of hydrogen-bond acceptors (Lipinski definition) is 3. The molecule has 2 nitrogen and oxygen atoms in total. The Kier molecular flexibility index (Phi) is 4.38. The Hall–Kier alpha value is -0.380. The van der Waals surface area contributed by atoms with Crippen molar-refractivity contribution in [2.24, 2.45) is 0 Å². The molecule has 1 saturated carbocycles. The molecule has 1 aromatic heterocycles. The van der Waals surface area contributed by atoms with E-state index in [-0.39, 0.29) is 0 Å². The van der Waals surface area contributed by atoms with Crippen LogP contribution in [0.15, 0.2) is 16.8 Å². The van der Waals surface area contributed by atoms with Gasteiger partial charge < -0.3 is 10.4 Å². The maximum Gasteiger partial charge on any atom is 0.0771 e. The van der Waals surface area contributed by atoms with Crippen LogP contribution in [0.3, 0.4) is 0 Å². The second-order valence-electron chi connectivity index (χ2n) is 4.84. The highest BCUT2D eigenvalue weighted by Gasteiger charge is 2.28. The maximum atomic E-state index is 10.3. The van der Waals surface area contributed by atoms with Crippen molar-refractivity contribution < 1.29 is 5.11 Å². The smallest absolute Gasteiger partial charge is 0.0771 e. The Bertz CT molecular complexity index is 291. The Morgan fingerprint density at radius 2 is 2.12 bits per heavy atom. The van der Waals surface area contributed by atoms with Crippen molar-refractivity contribution in [2.75, 3.05) is 13.1 Å². The molecule has 0 radical (unpaired) electrons. The SMILES string of the molecule is OC1(CNCCc2ccsc2)CCCCC1. The molecule has 16 heavy (non-hydrogen) atoms. The number of thiophene rings is 1. The lowest BCUT2D eigenvalue weighted by Crippen LogP contribution is -2.42. The van der Waals surface area contributed by atoms with Crippen LogP contribution in [-0.2, 0) is 6.42 Å². The monoisotopic (exact) mass is 239 g/mol. The van der Waals surface area contributed by atoms with Crippen molar-refractivity contribution >= 4 is 11.3 Å². The first-order chi connectivity index (χ1) is 7.79. The Morgan fingerprint density at radius 1 is 1.31 bits per heavy atom. The molecule has 1 aliphatic carbocycles. The minimum absolute atomic E-state index is 0.424. The average Bonchev–Trinajstić information content (AvgIpc) is 2.78. The second kappa shape index (κ2) is 5.80. The van der Waals surface area contributed by atoms with E-state index < -0.39 is 5.60 Å². The van der Waals surface area contributed by atoms with Crippen molar-refractivity contribution in [3.63, 3.8) is 0 Å². The van der Waals surface area contributed by atoms with E-state index >= 15 is 0 Å². The highest BCUT2D eigenvalue weighted by molar-refractivity contribution is 7.07. The number of aliphatic hydroxyl groups is 1. The molecule has 1 fully saturated rings. The lowest BCUT2D eigenvalue weighted by molar-refractivity contribution is 0.00518. The van der Waals surface area contributed by atoms with Gasteiger partial charge in [0.05, 0.1) is 5.60 Å². The number of nitrogens with one attached hydrogen (secondary N) is 1. The highest BCUT2D eigenvalue weighted by atomic mass is 32.1. The fourth-order valence-corrected chi connectivity index (χ4v) is 3.08. The summed E-state index contributed by atoms with van der Waals surface area (Å²) in [5.41, 5.74) is 0.973. The summed E-state index contributed by atoms with van der Waals surface area (Å²) < 4.78 is 0. The molecule has 0 bridgehead atoms. The van der Waals surface area contributed by atoms with Gasteiger partial charge in [0.1, 0.15) is 0 Å². The first-order valence-electron chi connectivity index (χ1n) is 6.23. The first kappa shape index (κ1) is 12.1. The van der Waals surface area contributed by atoms with Gasteiger partial charge in [-0.15, -0.1) is 0 Å². The molecular weight excluding hydrogens is 218 g/mol. The molecule has 1 aliphatic rings. The van der Waals surface area contributed by atoms with Gasteiger partial charge in [-0.05, 0) is 48.2 Å². The summed E-state index contributed by atoms with van der Waals surface area (Å²) in [5, 5.41) is 18.0. The first-order valence-corrected chi connectivity index (χ1v) is 7.17. The largest absolute Gasteiger partial charge is 0.389 e. The Balaban J connectivity index is 1.63. The zero-order valence-electron chi connectivity index (χ0n) is 9.74. The third kappa shape index (κ3) is 3.58. The van der Waals surface area contributed by atoms with Crippen LogP contribution in [0.1, 0.15) is 37.7 Å². The summed E-state index contributed by atoms with van der Waals surface area (Å²) in [7, 11) is 0. The van der Waals surface area contributed by atoms with Gasteiger partial charge in [0.25, 0.3) is 0 Å². The molecule has 90 valence electrons. The Labute approximate surface area is 102 Å². The minimum atomic E-state index is -0.424. The normalized spacial score (nSPS) is 19.8. The lowest BCUT2D eigenvalue weighted by atomic mass is 9.85. The molecule has 1 heterocycles. The van der Waals surface area contributed by atoms with Crippen LogP contribution < -0.4 is 5.32 Å². The van der Waals surface area contributed by atoms with Gasteiger partial charge in [0.2, 0.25) is 0 Å². The van der Waals surface area contributed by atoms with Gasteiger partial charge in [-0.3, -0.25) is 0 Å².